The first-order valence-electron chi connectivity index (χ1n) is 4.65. The lowest BCUT2D eigenvalue weighted by Crippen LogP contribution is -2.28. The van der Waals surface area contributed by atoms with Crippen molar-refractivity contribution in [3.63, 3.8) is 0 Å². The van der Waals surface area contributed by atoms with Crippen LogP contribution in [0.4, 0.5) is 4.79 Å². The molecule has 5 heteroatoms. The maximum absolute atomic E-state index is 11.0. The lowest BCUT2D eigenvalue weighted by Gasteiger charge is -2.17. The number of thiophene rings is 1. The van der Waals surface area contributed by atoms with Crippen molar-refractivity contribution in [3.8, 4) is 0 Å². The fourth-order valence-electron chi connectivity index (χ4n) is 1.19. The lowest BCUT2D eigenvalue weighted by atomic mass is 10.2. The summed E-state index contributed by atoms with van der Waals surface area (Å²) in [5, 5.41) is 11.7. The molecule has 84 valence electrons. The van der Waals surface area contributed by atoms with E-state index >= 15 is 0 Å². The van der Waals surface area contributed by atoms with Crippen molar-refractivity contribution in [1.29, 1.82) is 0 Å². The van der Waals surface area contributed by atoms with E-state index < -0.39 is 6.10 Å². The molecule has 0 bridgehead atoms. The van der Waals surface area contributed by atoms with Gasteiger partial charge < -0.3 is 14.7 Å². The first kappa shape index (κ1) is 12.0. The minimum atomic E-state index is -0.503. The molecular weight excluding hydrogens is 214 g/mol. The van der Waals surface area contributed by atoms with E-state index in [1.807, 2.05) is 17.5 Å². The third-order valence-corrected chi connectivity index (χ3v) is 3.07. The summed E-state index contributed by atoms with van der Waals surface area (Å²) in [5.74, 6) is 0. The molecule has 0 spiro atoms. The number of carbonyl (C=O) groups excluding carboxylic acids is 1. The zero-order chi connectivity index (χ0) is 11.3. The van der Waals surface area contributed by atoms with Gasteiger partial charge in [0.05, 0.1) is 13.2 Å². The highest BCUT2D eigenvalue weighted by Gasteiger charge is 2.12. The lowest BCUT2D eigenvalue weighted by molar-refractivity contribution is 0.118. The van der Waals surface area contributed by atoms with Gasteiger partial charge in [0.15, 0.2) is 0 Å². The fourth-order valence-corrected chi connectivity index (χ4v) is 1.93. The van der Waals surface area contributed by atoms with Crippen LogP contribution in [-0.2, 0) is 4.74 Å². The van der Waals surface area contributed by atoms with Gasteiger partial charge in [-0.25, -0.2) is 4.79 Å². The summed E-state index contributed by atoms with van der Waals surface area (Å²) in [6.07, 6.45) is -0.364. The number of aliphatic hydroxyl groups excluding tert-OH is 1. The standard InChI is InChI=1S/C10H15NO3S/c1-11(10(13)14-2)6-5-8(12)9-4-3-7-15-9/h3-4,7-8,12H,5-6H2,1-2H3. The summed E-state index contributed by atoms with van der Waals surface area (Å²) in [5.41, 5.74) is 0. The van der Waals surface area contributed by atoms with Gasteiger partial charge in [-0.3, -0.25) is 0 Å². The molecule has 0 aromatic carbocycles. The zero-order valence-corrected chi connectivity index (χ0v) is 9.66. The Kier molecular flexibility index (Phi) is 4.58. The Morgan fingerprint density at radius 3 is 3.00 bits per heavy atom. The van der Waals surface area contributed by atoms with Crippen molar-refractivity contribution in [1.82, 2.24) is 4.90 Å². The molecule has 0 saturated carbocycles. The monoisotopic (exact) mass is 229 g/mol. The molecule has 1 rings (SSSR count). The Morgan fingerprint density at radius 2 is 2.47 bits per heavy atom. The minimum absolute atomic E-state index is 0.381. The number of hydrogen-bond acceptors (Lipinski definition) is 4. The van der Waals surface area contributed by atoms with E-state index in [2.05, 4.69) is 4.74 Å². The Labute approximate surface area is 93.1 Å². The smallest absolute Gasteiger partial charge is 0.409 e. The van der Waals surface area contributed by atoms with Gasteiger partial charge in [0.1, 0.15) is 0 Å². The molecule has 1 aromatic rings. The second-order valence-electron chi connectivity index (χ2n) is 3.21. The normalized spacial score (nSPS) is 12.2. The van der Waals surface area contributed by atoms with Gasteiger partial charge in [0, 0.05) is 18.5 Å². The molecular formula is C10H15NO3S. The molecule has 0 aliphatic heterocycles. The molecule has 15 heavy (non-hydrogen) atoms. The van der Waals surface area contributed by atoms with Crippen molar-refractivity contribution in [2.45, 2.75) is 12.5 Å². The summed E-state index contributed by atoms with van der Waals surface area (Å²) in [6.45, 7) is 0.478. The van der Waals surface area contributed by atoms with Crippen molar-refractivity contribution in [3.05, 3.63) is 22.4 Å². The van der Waals surface area contributed by atoms with Crippen LogP contribution < -0.4 is 0 Å². The SMILES string of the molecule is COC(=O)N(C)CCC(O)c1cccs1. The van der Waals surface area contributed by atoms with E-state index in [1.165, 1.54) is 23.3 Å². The minimum Gasteiger partial charge on any atom is -0.453 e. The van der Waals surface area contributed by atoms with E-state index in [1.54, 1.807) is 7.05 Å². The summed E-state index contributed by atoms with van der Waals surface area (Å²) in [7, 11) is 2.99. The van der Waals surface area contributed by atoms with Crippen LogP contribution in [0.3, 0.4) is 0 Å². The maximum Gasteiger partial charge on any atom is 0.409 e. The van der Waals surface area contributed by atoms with E-state index in [0.29, 0.717) is 13.0 Å². The largest absolute Gasteiger partial charge is 0.453 e. The van der Waals surface area contributed by atoms with E-state index in [9.17, 15) is 9.90 Å². The molecule has 0 radical (unpaired) electrons. The highest BCUT2D eigenvalue weighted by atomic mass is 32.1. The second kappa shape index (κ2) is 5.72. The van der Waals surface area contributed by atoms with Crippen molar-refractivity contribution >= 4 is 17.4 Å². The first-order chi connectivity index (χ1) is 7.15. The highest BCUT2D eigenvalue weighted by Crippen LogP contribution is 2.21. The zero-order valence-electron chi connectivity index (χ0n) is 8.84. The molecule has 1 aromatic heterocycles. The molecule has 4 nitrogen and oxygen atoms in total. The van der Waals surface area contributed by atoms with E-state index in [4.69, 9.17) is 0 Å². The summed E-state index contributed by atoms with van der Waals surface area (Å²) >= 11 is 1.51. The van der Waals surface area contributed by atoms with Crippen LogP contribution >= 0.6 is 11.3 Å². The number of methoxy groups -OCH3 is 1. The van der Waals surface area contributed by atoms with Gasteiger partial charge in [-0.2, -0.15) is 0 Å². The number of carbonyl (C=O) groups is 1. The Balaban J connectivity index is 2.34. The number of nitrogens with zero attached hydrogens (tertiary/aromatic N) is 1. The molecule has 0 fully saturated rings. The average Bonchev–Trinajstić information content (AvgIpc) is 2.77. The van der Waals surface area contributed by atoms with Crippen LogP contribution in [0.15, 0.2) is 17.5 Å². The van der Waals surface area contributed by atoms with Crippen molar-refractivity contribution in [2.24, 2.45) is 0 Å². The molecule has 1 atom stereocenters. The molecule has 1 heterocycles. The van der Waals surface area contributed by atoms with Crippen LogP contribution in [0.5, 0.6) is 0 Å². The molecule has 1 unspecified atom stereocenters. The fraction of sp³-hybridized carbons (Fsp3) is 0.500. The number of ether oxygens (including phenoxy) is 1. The third-order valence-electron chi connectivity index (χ3n) is 2.10. The average molecular weight is 229 g/mol. The topological polar surface area (TPSA) is 49.8 Å². The Morgan fingerprint density at radius 1 is 1.73 bits per heavy atom. The van der Waals surface area contributed by atoms with Crippen LogP contribution in [-0.4, -0.2) is 36.8 Å². The van der Waals surface area contributed by atoms with Gasteiger partial charge >= 0.3 is 6.09 Å². The van der Waals surface area contributed by atoms with Gasteiger partial charge in [-0.05, 0) is 17.9 Å². The second-order valence-corrected chi connectivity index (χ2v) is 4.19. The van der Waals surface area contributed by atoms with Gasteiger partial charge in [-0.1, -0.05) is 6.07 Å². The quantitative estimate of drug-likeness (QED) is 0.857. The highest BCUT2D eigenvalue weighted by molar-refractivity contribution is 7.10. The van der Waals surface area contributed by atoms with Gasteiger partial charge in [-0.15, -0.1) is 11.3 Å². The molecule has 1 amide bonds. The summed E-state index contributed by atoms with van der Waals surface area (Å²) in [4.78, 5) is 13.4. The molecule has 0 saturated heterocycles. The molecule has 1 N–H and O–H groups in total. The van der Waals surface area contributed by atoms with Gasteiger partial charge in [0.2, 0.25) is 0 Å². The first-order valence-corrected chi connectivity index (χ1v) is 5.53. The summed E-state index contributed by atoms with van der Waals surface area (Å²) < 4.78 is 4.54. The molecule has 0 aliphatic rings. The summed E-state index contributed by atoms with van der Waals surface area (Å²) in [6, 6.07) is 3.78. The van der Waals surface area contributed by atoms with Gasteiger partial charge in [0.25, 0.3) is 0 Å². The van der Waals surface area contributed by atoms with Crippen LogP contribution in [0, 0.1) is 0 Å². The Bertz CT molecular complexity index is 300. The van der Waals surface area contributed by atoms with Crippen LogP contribution in [0.1, 0.15) is 17.4 Å². The van der Waals surface area contributed by atoms with E-state index in [0.717, 1.165) is 4.88 Å². The number of rotatable bonds is 4. The third kappa shape index (κ3) is 3.53. The predicted octanol–water partition coefficient (Wildman–Crippen LogP) is 1.87. The van der Waals surface area contributed by atoms with Crippen molar-refractivity contribution in [2.75, 3.05) is 20.7 Å². The van der Waals surface area contributed by atoms with Crippen molar-refractivity contribution < 1.29 is 14.6 Å². The molecule has 0 aliphatic carbocycles. The van der Waals surface area contributed by atoms with Crippen LogP contribution in [0.25, 0.3) is 0 Å². The maximum atomic E-state index is 11.0. The number of hydrogen-bond donors (Lipinski definition) is 1. The Hall–Kier alpha value is -1.07. The predicted molar refractivity (Wildman–Crippen MR) is 58.9 cm³/mol. The van der Waals surface area contributed by atoms with Crippen LogP contribution in [0.2, 0.25) is 0 Å². The number of amides is 1. The number of aliphatic hydroxyl groups is 1. The van der Waals surface area contributed by atoms with E-state index in [-0.39, 0.29) is 6.09 Å².